The van der Waals surface area contributed by atoms with E-state index >= 15 is 0 Å². The number of nitrogens with zero attached hydrogens (tertiary/aromatic N) is 1. The van der Waals surface area contributed by atoms with Crippen molar-refractivity contribution in [3.8, 4) is 0 Å². The number of amides is 1. The van der Waals surface area contributed by atoms with Crippen LogP contribution in [0.2, 0.25) is 0 Å². The first-order chi connectivity index (χ1) is 29.4. The summed E-state index contributed by atoms with van der Waals surface area (Å²) in [6.45, 7) is 15.5. The molecule has 0 N–H and O–H groups in total. The van der Waals surface area contributed by atoms with Crippen molar-refractivity contribution in [2.75, 3.05) is 26.3 Å². The number of carbonyl (C=O) groups is 3. The number of carbonyl (C=O) groups excluding carboxylic acids is 3. The van der Waals surface area contributed by atoms with Gasteiger partial charge in [0.25, 0.3) is 0 Å². The highest BCUT2D eigenvalue weighted by Crippen LogP contribution is 2.22. The summed E-state index contributed by atoms with van der Waals surface area (Å²) in [6, 6.07) is 0. The van der Waals surface area contributed by atoms with Crippen LogP contribution in [0, 0.1) is 11.8 Å². The molecule has 0 saturated heterocycles. The third kappa shape index (κ3) is 37.9. The summed E-state index contributed by atoms with van der Waals surface area (Å²) >= 11 is 0. The average Bonchev–Trinajstić information content (AvgIpc) is 3.25. The van der Waals surface area contributed by atoms with Crippen molar-refractivity contribution in [2.45, 2.75) is 278 Å². The van der Waals surface area contributed by atoms with E-state index in [1.165, 1.54) is 122 Å². The van der Waals surface area contributed by atoms with Crippen LogP contribution in [0.5, 0.6) is 0 Å². The monoisotopic (exact) mass is 846 g/mol. The zero-order chi connectivity index (χ0) is 44.0. The van der Waals surface area contributed by atoms with E-state index in [2.05, 4.69) is 39.2 Å². The molecule has 6 heteroatoms. The lowest BCUT2D eigenvalue weighted by atomic mass is 9.94. The molecule has 0 aromatic carbocycles. The van der Waals surface area contributed by atoms with Crippen molar-refractivity contribution < 1.29 is 23.9 Å². The average molecular weight is 846 g/mol. The van der Waals surface area contributed by atoms with E-state index in [9.17, 15) is 14.4 Å². The molecule has 354 valence electrons. The summed E-state index contributed by atoms with van der Waals surface area (Å²) in [4.78, 5) is 41.6. The third-order valence-corrected chi connectivity index (χ3v) is 12.6. The first-order valence-corrected chi connectivity index (χ1v) is 26.7. The molecule has 0 aromatic rings. The maximum Gasteiger partial charge on any atom is 0.308 e. The molecule has 0 aliphatic carbocycles. The number of unbranched alkanes of at least 4 members (excludes halogenated alkanes) is 27. The minimum atomic E-state index is 0.0289. The molecule has 0 saturated carbocycles. The highest BCUT2D eigenvalue weighted by atomic mass is 16.5. The van der Waals surface area contributed by atoms with Crippen LogP contribution < -0.4 is 0 Å². The maximum atomic E-state index is 13.4. The number of allylic oxidation sites excluding steroid dienone is 1. The Kier molecular flexibility index (Phi) is 45.2. The van der Waals surface area contributed by atoms with Gasteiger partial charge in [0.15, 0.2) is 0 Å². The topological polar surface area (TPSA) is 72.9 Å². The molecule has 0 heterocycles. The summed E-state index contributed by atoms with van der Waals surface area (Å²) in [5.41, 5.74) is 0. The van der Waals surface area contributed by atoms with Gasteiger partial charge in [0, 0.05) is 19.5 Å². The summed E-state index contributed by atoms with van der Waals surface area (Å²) < 4.78 is 11.7. The number of hydrogen-bond donors (Lipinski definition) is 0. The molecule has 0 bridgehead atoms. The Balaban J connectivity index is 4.74. The van der Waals surface area contributed by atoms with Gasteiger partial charge in [-0.15, -0.1) is 6.58 Å². The van der Waals surface area contributed by atoms with Gasteiger partial charge in [-0.1, -0.05) is 194 Å². The van der Waals surface area contributed by atoms with Gasteiger partial charge in [0.2, 0.25) is 5.91 Å². The minimum absolute atomic E-state index is 0.0289. The molecular weight excluding hydrogens is 743 g/mol. The predicted molar refractivity (Wildman–Crippen MR) is 258 cm³/mol. The molecule has 0 radical (unpaired) electrons. The molecule has 0 aliphatic heterocycles. The van der Waals surface area contributed by atoms with Gasteiger partial charge < -0.3 is 14.4 Å². The summed E-state index contributed by atoms with van der Waals surface area (Å²) in [6.07, 6.45) is 45.9. The van der Waals surface area contributed by atoms with Crippen LogP contribution in [0.3, 0.4) is 0 Å². The lowest BCUT2D eigenvalue weighted by Gasteiger charge is -2.23. The van der Waals surface area contributed by atoms with Gasteiger partial charge in [-0.2, -0.15) is 0 Å². The van der Waals surface area contributed by atoms with Crippen molar-refractivity contribution in [3.63, 3.8) is 0 Å². The molecule has 0 aromatic heterocycles. The van der Waals surface area contributed by atoms with Gasteiger partial charge in [-0.25, -0.2) is 0 Å². The van der Waals surface area contributed by atoms with Crippen LogP contribution in [0.25, 0.3) is 0 Å². The molecule has 0 rings (SSSR count). The Morgan fingerprint density at radius 3 is 1.13 bits per heavy atom. The van der Waals surface area contributed by atoms with Crippen LogP contribution in [-0.2, 0) is 23.9 Å². The Morgan fingerprint density at radius 2 is 0.733 bits per heavy atom. The third-order valence-electron chi connectivity index (χ3n) is 12.6. The Hall–Kier alpha value is -1.85. The van der Waals surface area contributed by atoms with E-state index in [0.717, 1.165) is 135 Å². The fourth-order valence-electron chi connectivity index (χ4n) is 8.45. The molecule has 1 amide bonds. The number of esters is 2. The van der Waals surface area contributed by atoms with Crippen LogP contribution in [0.15, 0.2) is 12.7 Å². The Bertz CT molecular complexity index is 894. The van der Waals surface area contributed by atoms with Gasteiger partial charge in [0.1, 0.15) is 0 Å². The van der Waals surface area contributed by atoms with E-state index in [4.69, 9.17) is 9.47 Å². The van der Waals surface area contributed by atoms with Crippen molar-refractivity contribution >= 4 is 17.8 Å². The normalized spacial score (nSPS) is 12.3. The van der Waals surface area contributed by atoms with E-state index in [0.29, 0.717) is 25.5 Å². The van der Waals surface area contributed by atoms with Gasteiger partial charge >= 0.3 is 11.9 Å². The number of ether oxygens (including phenoxy) is 2. The second kappa shape index (κ2) is 46.6. The van der Waals surface area contributed by atoms with Gasteiger partial charge in [-0.05, 0) is 83.5 Å². The number of rotatable bonds is 48. The quantitative estimate of drug-likeness (QED) is 0.0346. The summed E-state index contributed by atoms with van der Waals surface area (Å²) in [7, 11) is 0. The van der Waals surface area contributed by atoms with Crippen molar-refractivity contribution in [3.05, 3.63) is 12.7 Å². The van der Waals surface area contributed by atoms with Crippen molar-refractivity contribution in [1.82, 2.24) is 4.90 Å². The highest BCUT2D eigenvalue weighted by molar-refractivity contribution is 5.76. The fourth-order valence-corrected chi connectivity index (χ4v) is 8.45. The lowest BCUT2D eigenvalue weighted by molar-refractivity contribution is -0.150. The van der Waals surface area contributed by atoms with E-state index < -0.39 is 0 Å². The summed E-state index contributed by atoms with van der Waals surface area (Å²) in [5.74, 6) is 0.482. The molecular formula is C54H103NO5. The second-order valence-corrected chi connectivity index (χ2v) is 18.3. The molecule has 2 unspecified atom stereocenters. The van der Waals surface area contributed by atoms with E-state index in [1.54, 1.807) is 0 Å². The molecule has 2 atom stereocenters. The lowest BCUT2D eigenvalue weighted by Crippen LogP contribution is -2.32. The Morgan fingerprint density at radius 1 is 0.417 bits per heavy atom. The smallest absolute Gasteiger partial charge is 0.308 e. The first-order valence-electron chi connectivity index (χ1n) is 26.7. The van der Waals surface area contributed by atoms with E-state index in [-0.39, 0.29) is 23.8 Å². The number of hydrogen-bond acceptors (Lipinski definition) is 5. The highest BCUT2D eigenvalue weighted by Gasteiger charge is 2.21. The fraction of sp³-hybridized carbons (Fsp3) is 0.907. The Labute approximate surface area is 374 Å². The van der Waals surface area contributed by atoms with Gasteiger partial charge in [-0.3, -0.25) is 14.4 Å². The second-order valence-electron chi connectivity index (χ2n) is 18.3. The minimum Gasteiger partial charge on any atom is -0.465 e. The maximum absolute atomic E-state index is 13.4. The SMILES string of the molecule is C=CCCCCCCCC(=O)N(CCCCCCOC(=O)C(CCCCCC)CCCCCCCC)CCCCCCOC(=O)C(CCCCCC)CCCCCCCC. The molecule has 0 spiro atoms. The van der Waals surface area contributed by atoms with Crippen LogP contribution >= 0.6 is 0 Å². The zero-order valence-corrected chi connectivity index (χ0v) is 40.8. The van der Waals surface area contributed by atoms with Crippen LogP contribution in [0.4, 0.5) is 0 Å². The van der Waals surface area contributed by atoms with Crippen LogP contribution in [-0.4, -0.2) is 49.0 Å². The molecule has 0 fully saturated rings. The standard InChI is InChI=1S/C54H103NO5/c1-6-11-16-21-24-27-36-45-52(56)55(46-37-28-30-39-48-59-53(57)50(41-32-19-14-9-4)43-34-25-22-17-12-7-2)47-38-29-31-40-49-60-54(58)51(42-33-20-15-10-5)44-35-26-23-18-13-8-3/h6,50-51H,1,7-49H2,2-5H3. The predicted octanol–water partition coefficient (Wildman–Crippen LogP) is 16.6. The van der Waals surface area contributed by atoms with Crippen LogP contribution in [0.1, 0.15) is 278 Å². The van der Waals surface area contributed by atoms with Crippen molar-refractivity contribution in [1.29, 1.82) is 0 Å². The van der Waals surface area contributed by atoms with E-state index in [1.807, 2.05) is 6.08 Å². The largest absolute Gasteiger partial charge is 0.465 e. The van der Waals surface area contributed by atoms with Gasteiger partial charge in [0.05, 0.1) is 25.0 Å². The zero-order valence-electron chi connectivity index (χ0n) is 40.8. The summed E-state index contributed by atoms with van der Waals surface area (Å²) in [5, 5.41) is 0. The van der Waals surface area contributed by atoms with Crippen molar-refractivity contribution in [2.24, 2.45) is 11.8 Å². The molecule has 6 nitrogen and oxygen atoms in total. The molecule has 0 aliphatic rings. The molecule has 60 heavy (non-hydrogen) atoms. The first kappa shape index (κ1) is 58.1.